The highest BCUT2D eigenvalue weighted by Gasteiger charge is 2.18. The predicted octanol–water partition coefficient (Wildman–Crippen LogP) is 1.59. The summed E-state index contributed by atoms with van der Waals surface area (Å²) in [5.74, 6) is -0.345. The summed E-state index contributed by atoms with van der Waals surface area (Å²) < 4.78 is 28.0. The van der Waals surface area contributed by atoms with Crippen LogP contribution in [0.3, 0.4) is 0 Å². The van der Waals surface area contributed by atoms with Gasteiger partial charge in [-0.2, -0.15) is 0 Å². The van der Waals surface area contributed by atoms with E-state index in [-0.39, 0.29) is 16.2 Å². The average Bonchev–Trinajstić information content (AvgIpc) is 2.46. The molecule has 6 nitrogen and oxygen atoms in total. The summed E-state index contributed by atoms with van der Waals surface area (Å²) in [6.07, 6.45) is 0. The van der Waals surface area contributed by atoms with Crippen molar-refractivity contribution in [2.75, 3.05) is 12.4 Å². The summed E-state index contributed by atoms with van der Waals surface area (Å²) in [4.78, 5) is 11.9. The number of ether oxygens (including phenoxy) is 1. The smallest absolute Gasteiger partial charge is 0.255 e. The van der Waals surface area contributed by atoms with E-state index in [0.717, 1.165) is 0 Å². The fourth-order valence-electron chi connectivity index (χ4n) is 1.77. The molecule has 0 aromatic heterocycles. The number of nitrogens with two attached hydrogens (primary N) is 1. The molecule has 0 fully saturated rings. The van der Waals surface area contributed by atoms with Crippen LogP contribution in [0.1, 0.15) is 10.4 Å². The first-order valence-corrected chi connectivity index (χ1v) is 7.53. The Balaban J connectivity index is 2.35. The molecule has 0 radical (unpaired) electrons. The maximum Gasteiger partial charge on any atom is 0.255 e. The van der Waals surface area contributed by atoms with E-state index in [1.807, 2.05) is 6.07 Å². The Kier molecular flexibility index (Phi) is 4.25. The fourth-order valence-corrected chi connectivity index (χ4v) is 2.49. The van der Waals surface area contributed by atoms with E-state index < -0.39 is 15.9 Å². The highest BCUT2D eigenvalue weighted by Crippen LogP contribution is 2.24. The molecule has 1 amide bonds. The Morgan fingerprint density at radius 3 is 2.38 bits per heavy atom. The minimum Gasteiger partial charge on any atom is -0.495 e. The second kappa shape index (κ2) is 5.94. The number of sulfonamides is 1. The van der Waals surface area contributed by atoms with Crippen LogP contribution in [-0.2, 0) is 10.0 Å². The van der Waals surface area contributed by atoms with Gasteiger partial charge in [0.1, 0.15) is 10.6 Å². The van der Waals surface area contributed by atoms with Gasteiger partial charge in [-0.3, -0.25) is 4.79 Å². The van der Waals surface area contributed by atoms with Gasteiger partial charge < -0.3 is 10.1 Å². The van der Waals surface area contributed by atoms with Crippen LogP contribution in [0.15, 0.2) is 53.4 Å². The summed E-state index contributed by atoms with van der Waals surface area (Å²) in [5, 5.41) is 7.77. The molecule has 3 N–H and O–H groups in total. The number of benzene rings is 2. The van der Waals surface area contributed by atoms with E-state index in [0.29, 0.717) is 5.69 Å². The Morgan fingerprint density at radius 1 is 1.14 bits per heavy atom. The van der Waals surface area contributed by atoms with Crippen molar-refractivity contribution in [1.29, 1.82) is 0 Å². The Labute approximate surface area is 122 Å². The maximum absolute atomic E-state index is 12.1. The molecular formula is C14H14N2O4S. The van der Waals surface area contributed by atoms with Crippen LogP contribution in [0, 0.1) is 0 Å². The lowest BCUT2D eigenvalue weighted by molar-refractivity contribution is 0.102. The summed E-state index contributed by atoms with van der Waals surface area (Å²) in [6, 6.07) is 12.9. The van der Waals surface area contributed by atoms with Gasteiger partial charge in [-0.1, -0.05) is 18.2 Å². The third kappa shape index (κ3) is 3.59. The zero-order valence-corrected chi connectivity index (χ0v) is 12.1. The standard InChI is InChI=1S/C14H14N2O4S/c1-20-12-8-7-10(9-13(12)21(15,18)19)14(17)16-11-5-3-2-4-6-11/h2-9H,1H3,(H,16,17)(H2,15,18,19). The lowest BCUT2D eigenvalue weighted by atomic mass is 10.2. The quantitative estimate of drug-likeness (QED) is 0.896. The Morgan fingerprint density at radius 2 is 1.81 bits per heavy atom. The Hall–Kier alpha value is -2.38. The van der Waals surface area contributed by atoms with E-state index in [2.05, 4.69) is 5.32 Å². The molecule has 21 heavy (non-hydrogen) atoms. The number of amides is 1. The first kappa shape index (κ1) is 15.0. The molecule has 2 rings (SSSR count). The average molecular weight is 306 g/mol. The van der Waals surface area contributed by atoms with Gasteiger partial charge >= 0.3 is 0 Å². The van der Waals surface area contributed by atoms with E-state index in [4.69, 9.17) is 9.88 Å². The van der Waals surface area contributed by atoms with Crippen molar-refractivity contribution in [2.45, 2.75) is 4.90 Å². The van der Waals surface area contributed by atoms with Gasteiger partial charge in [0.2, 0.25) is 10.0 Å². The van der Waals surface area contributed by atoms with Gasteiger partial charge in [-0.05, 0) is 30.3 Å². The van der Waals surface area contributed by atoms with E-state index in [1.165, 1.54) is 25.3 Å². The van der Waals surface area contributed by atoms with Gasteiger partial charge in [0.05, 0.1) is 7.11 Å². The summed E-state index contributed by atoms with van der Waals surface area (Å²) in [5.41, 5.74) is 0.777. The van der Waals surface area contributed by atoms with E-state index >= 15 is 0 Å². The third-order valence-corrected chi connectivity index (χ3v) is 3.70. The van der Waals surface area contributed by atoms with Crippen molar-refractivity contribution < 1.29 is 17.9 Å². The third-order valence-electron chi connectivity index (χ3n) is 2.76. The topological polar surface area (TPSA) is 98.5 Å². The van der Waals surface area contributed by atoms with Crippen LogP contribution in [0.4, 0.5) is 5.69 Å². The summed E-state index contributed by atoms with van der Waals surface area (Å²) in [6.45, 7) is 0. The van der Waals surface area contributed by atoms with Crippen molar-refractivity contribution in [2.24, 2.45) is 5.14 Å². The molecule has 0 saturated heterocycles. The van der Waals surface area contributed by atoms with Gasteiger partial charge in [0.25, 0.3) is 5.91 Å². The molecule has 0 aliphatic heterocycles. The molecule has 0 aliphatic carbocycles. The molecule has 0 unspecified atom stereocenters. The van der Waals surface area contributed by atoms with Crippen LogP contribution < -0.4 is 15.2 Å². The number of nitrogens with one attached hydrogen (secondary N) is 1. The number of carbonyl (C=O) groups excluding carboxylic acids is 1. The van der Waals surface area contributed by atoms with Crippen LogP contribution in [0.25, 0.3) is 0 Å². The minimum atomic E-state index is -3.98. The molecule has 2 aromatic carbocycles. The van der Waals surface area contributed by atoms with Crippen LogP contribution in [-0.4, -0.2) is 21.4 Å². The normalized spacial score (nSPS) is 11.0. The van der Waals surface area contributed by atoms with Gasteiger partial charge in [0, 0.05) is 11.3 Å². The molecule has 110 valence electrons. The highest BCUT2D eigenvalue weighted by molar-refractivity contribution is 7.89. The molecule has 0 aliphatic rings. The van der Waals surface area contributed by atoms with E-state index in [1.54, 1.807) is 24.3 Å². The van der Waals surface area contributed by atoms with Gasteiger partial charge in [-0.15, -0.1) is 0 Å². The van der Waals surface area contributed by atoms with Gasteiger partial charge in [-0.25, -0.2) is 13.6 Å². The van der Waals surface area contributed by atoms with E-state index in [9.17, 15) is 13.2 Å². The number of anilines is 1. The number of hydrogen-bond acceptors (Lipinski definition) is 4. The second-order valence-corrected chi connectivity index (χ2v) is 5.76. The lowest BCUT2D eigenvalue weighted by Gasteiger charge is -2.09. The fraction of sp³-hybridized carbons (Fsp3) is 0.0714. The van der Waals surface area contributed by atoms with Crippen molar-refractivity contribution in [3.63, 3.8) is 0 Å². The first-order chi connectivity index (χ1) is 9.91. The molecule has 0 atom stereocenters. The number of para-hydroxylation sites is 1. The minimum absolute atomic E-state index is 0.0914. The van der Waals surface area contributed by atoms with Gasteiger partial charge in [0.15, 0.2) is 0 Å². The molecule has 0 spiro atoms. The number of hydrogen-bond donors (Lipinski definition) is 2. The number of rotatable bonds is 4. The van der Waals surface area contributed by atoms with Crippen LogP contribution in [0.5, 0.6) is 5.75 Å². The van der Waals surface area contributed by atoms with Crippen molar-refractivity contribution in [3.8, 4) is 5.75 Å². The molecule has 7 heteroatoms. The Bertz CT molecular complexity index is 758. The first-order valence-electron chi connectivity index (χ1n) is 5.99. The largest absolute Gasteiger partial charge is 0.495 e. The number of primary sulfonamides is 1. The van der Waals surface area contributed by atoms with Crippen molar-refractivity contribution >= 4 is 21.6 Å². The van der Waals surface area contributed by atoms with Crippen LogP contribution >= 0.6 is 0 Å². The molecule has 0 saturated carbocycles. The number of methoxy groups -OCH3 is 1. The maximum atomic E-state index is 12.1. The zero-order valence-electron chi connectivity index (χ0n) is 11.2. The highest BCUT2D eigenvalue weighted by atomic mass is 32.2. The van der Waals surface area contributed by atoms with Crippen molar-refractivity contribution in [3.05, 3.63) is 54.1 Å². The lowest BCUT2D eigenvalue weighted by Crippen LogP contribution is -2.16. The molecular weight excluding hydrogens is 292 g/mol. The number of carbonyl (C=O) groups is 1. The summed E-state index contributed by atoms with van der Waals surface area (Å²) >= 11 is 0. The summed E-state index contributed by atoms with van der Waals surface area (Å²) in [7, 11) is -2.65. The van der Waals surface area contributed by atoms with Crippen LogP contribution in [0.2, 0.25) is 0 Å². The predicted molar refractivity (Wildman–Crippen MR) is 78.8 cm³/mol. The molecule has 0 heterocycles. The van der Waals surface area contributed by atoms with Crippen molar-refractivity contribution in [1.82, 2.24) is 0 Å². The molecule has 2 aromatic rings. The monoisotopic (exact) mass is 306 g/mol. The SMILES string of the molecule is COc1ccc(C(=O)Nc2ccccc2)cc1S(N)(=O)=O. The second-order valence-electron chi connectivity index (χ2n) is 4.23. The molecule has 0 bridgehead atoms. The zero-order chi connectivity index (χ0) is 15.5.